The Morgan fingerprint density at radius 1 is 1.06 bits per heavy atom. The monoisotopic (exact) mass is 471 g/mol. The fourth-order valence-corrected chi connectivity index (χ4v) is 5.92. The van der Waals surface area contributed by atoms with Gasteiger partial charge in [-0.25, -0.2) is 8.42 Å². The van der Waals surface area contributed by atoms with Gasteiger partial charge in [-0.1, -0.05) is 18.1 Å². The van der Waals surface area contributed by atoms with E-state index >= 15 is 0 Å². The first kappa shape index (κ1) is 24.6. The summed E-state index contributed by atoms with van der Waals surface area (Å²) < 4.78 is 41.5. The molecule has 33 heavy (non-hydrogen) atoms. The van der Waals surface area contributed by atoms with Crippen molar-refractivity contribution in [3.63, 3.8) is 0 Å². The Balaban J connectivity index is 1.80. The van der Waals surface area contributed by atoms with Crippen LogP contribution in [0.15, 0.2) is 53.4 Å². The van der Waals surface area contributed by atoms with Gasteiger partial charge < -0.3 is 14.2 Å². The van der Waals surface area contributed by atoms with Crippen molar-refractivity contribution in [1.82, 2.24) is 4.90 Å². The maximum Gasteiger partial charge on any atom is 0.327 e. The first-order chi connectivity index (χ1) is 15.9. The molecule has 2 aromatic rings. The summed E-state index contributed by atoms with van der Waals surface area (Å²) in [4.78, 5) is 15.2. The molecule has 0 saturated carbocycles. The van der Waals surface area contributed by atoms with E-state index in [1.54, 1.807) is 26.2 Å². The molecule has 1 saturated heterocycles. The van der Waals surface area contributed by atoms with Crippen LogP contribution in [0.3, 0.4) is 0 Å². The molecular weight excluding hydrogens is 442 g/mol. The molecule has 1 aliphatic rings. The van der Waals surface area contributed by atoms with E-state index in [0.717, 1.165) is 11.3 Å². The van der Waals surface area contributed by atoms with Gasteiger partial charge in [0.25, 0.3) is 0 Å². The summed E-state index contributed by atoms with van der Waals surface area (Å²) >= 11 is 0. The van der Waals surface area contributed by atoms with Gasteiger partial charge in [-0.2, -0.15) is 0 Å². The van der Waals surface area contributed by atoms with Crippen LogP contribution in [0.2, 0.25) is 0 Å². The van der Waals surface area contributed by atoms with Crippen LogP contribution in [0.25, 0.3) is 0 Å². The van der Waals surface area contributed by atoms with Crippen LogP contribution in [0, 0.1) is 12.3 Å². The number of hydrogen-bond acceptors (Lipinski definition) is 7. The van der Waals surface area contributed by atoms with E-state index in [1.807, 2.05) is 24.3 Å². The van der Waals surface area contributed by atoms with E-state index in [2.05, 4.69) is 10.8 Å². The second-order valence-corrected chi connectivity index (χ2v) is 10.1. The molecular formula is C25H29NO6S. The van der Waals surface area contributed by atoms with E-state index in [9.17, 15) is 13.2 Å². The maximum atomic E-state index is 13.7. The zero-order valence-electron chi connectivity index (χ0n) is 19.0. The Morgan fingerprint density at radius 3 is 2.21 bits per heavy atom. The molecule has 0 aliphatic carbocycles. The van der Waals surface area contributed by atoms with Gasteiger partial charge in [-0.15, -0.1) is 6.42 Å². The molecule has 1 aliphatic heterocycles. The van der Waals surface area contributed by atoms with Crippen LogP contribution in [-0.4, -0.2) is 57.4 Å². The van der Waals surface area contributed by atoms with Gasteiger partial charge in [-0.05, 0) is 61.7 Å². The summed E-state index contributed by atoms with van der Waals surface area (Å²) in [7, 11) is -2.38. The molecule has 0 atom stereocenters. The summed E-state index contributed by atoms with van der Waals surface area (Å²) in [6.07, 6.45) is 5.50. The first-order valence-electron chi connectivity index (χ1n) is 10.8. The minimum Gasteiger partial charge on any atom is -0.497 e. The van der Waals surface area contributed by atoms with Gasteiger partial charge >= 0.3 is 5.97 Å². The van der Waals surface area contributed by atoms with Gasteiger partial charge in [0.2, 0.25) is 0 Å². The minimum atomic E-state index is -4.00. The van der Waals surface area contributed by atoms with Crippen LogP contribution in [0.4, 0.5) is 0 Å². The summed E-state index contributed by atoms with van der Waals surface area (Å²) in [5.41, 5.74) is 1.09. The number of nitrogens with zero attached hydrogens (tertiary/aromatic N) is 1. The zero-order valence-corrected chi connectivity index (χ0v) is 19.8. The van der Waals surface area contributed by atoms with Crippen molar-refractivity contribution in [2.75, 3.05) is 33.4 Å². The predicted molar refractivity (Wildman–Crippen MR) is 125 cm³/mol. The third-order valence-corrected chi connectivity index (χ3v) is 8.34. The summed E-state index contributed by atoms with van der Waals surface area (Å²) in [5, 5.41) is 0. The van der Waals surface area contributed by atoms with E-state index in [1.165, 1.54) is 12.1 Å². The fourth-order valence-electron chi connectivity index (χ4n) is 3.97. The van der Waals surface area contributed by atoms with Crippen molar-refractivity contribution in [2.45, 2.75) is 36.0 Å². The molecule has 1 heterocycles. The third-order valence-electron chi connectivity index (χ3n) is 5.85. The Morgan fingerprint density at radius 2 is 1.67 bits per heavy atom. The van der Waals surface area contributed by atoms with Crippen molar-refractivity contribution in [3.8, 4) is 23.8 Å². The molecule has 0 bridgehead atoms. The van der Waals surface area contributed by atoms with Crippen LogP contribution < -0.4 is 9.47 Å². The van der Waals surface area contributed by atoms with Crippen LogP contribution in [0.1, 0.15) is 25.3 Å². The summed E-state index contributed by atoms with van der Waals surface area (Å²) in [5.74, 6) is 2.91. The van der Waals surface area contributed by atoms with Gasteiger partial charge in [0.05, 0.1) is 18.6 Å². The standard InChI is InChI=1S/C25H29NO6S/c1-4-18-32-22-10-12-23(13-11-22)33(28,29)25(24(27)31-5-2)14-16-26(17-15-25)19-20-6-8-21(30-3)9-7-20/h1,6-13H,5,14-19H2,2-3H3. The molecule has 2 aromatic carbocycles. The SMILES string of the molecule is C#CCOc1ccc(S(=O)(=O)C2(C(=O)OCC)CCN(Cc3ccc(OC)cc3)CC2)cc1. The zero-order chi connectivity index (χ0) is 23.9. The van der Waals surface area contributed by atoms with Crippen LogP contribution in [0.5, 0.6) is 11.5 Å². The normalized spacial score (nSPS) is 15.9. The highest BCUT2D eigenvalue weighted by Crippen LogP contribution is 2.37. The maximum absolute atomic E-state index is 13.7. The number of terminal acetylenes is 1. The Kier molecular flexibility index (Phi) is 8.01. The topological polar surface area (TPSA) is 82.1 Å². The van der Waals surface area contributed by atoms with Crippen LogP contribution >= 0.6 is 0 Å². The Hall–Kier alpha value is -3.02. The number of carbonyl (C=O) groups is 1. The van der Waals surface area contributed by atoms with Gasteiger partial charge in [0.1, 0.15) is 18.1 Å². The quantitative estimate of drug-likeness (QED) is 0.411. The lowest BCUT2D eigenvalue weighted by molar-refractivity contribution is -0.147. The lowest BCUT2D eigenvalue weighted by Crippen LogP contribution is -2.54. The smallest absolute Gasteiger partial charge is 0.327 e. The fraction of sp³-hybridized carbons (Fsp3) is 0.400. The number of carbonyl (C=O) groups excluding carboxylic acids is 1. The number of benzene rings is 2. The number of esters is 1. The molecule has 1 fully saturated rings. The molecule has 7 nitrogen and oxygen atoms in total. The highest BCUT2D eigenvalue weighted by atomic mass is 32.2. The van der Waals surface area contributed by atoms with Crippen molar-refractivity contribution in [2.24, 2.45) is 0 Å². The molecule has 0 N–H and O–H groups in total. The largest absolute Gasteiger partial charge is 0.497 e. The molecule has 0 amide bonds. The van der Waals surface area contributed by atoms with E-state index in [0.29, 0.717) is 25.4 Å². The van der Waals surface area contributed by atoms with Gasteiger partial charge in [0.15, 0.2) is 14.6 Å². The van der Waals surface area contributed by atoms with Crippen molar-refractivity contribution >= 4 is 15.8 Å². The second kappa shape index (κ2) is 10.7. The lowest BCUT2D eigenvalue weighted by Gasteiger charge is -2.39. The number of rotatable bonds is 9. The average Bonchev–Trinajstić information content (AvgIpc) is 2.84. The molecule has 0 aromatic heterocycles. The first-order valence-corrected chi connectivity index (χ1v) is 12.3. The molecule has 0 radical (unpaired) electrons. The third kappa shape index (κ3) is 5.32. The number of piperidine rings is 1. The highest BCUT2D eigenvalue weighted by molar-refractivity contribution is 7.93. The average molecular weight is 472 g/mol. The Bertz CT molecular complexity index is 1080. The molecule has 8 heteroatoms. The van der Waals surface area contributed by atoms with E-state index in [-0.39, 0.29) is 31.0 Å². The molecule has 176 valence electrons. The van der Waals surface area contributed by atoms with Crippen molar-refractivity contribution < 1.29 is 27.4 Å². The molecule has 3 rings (SSSR count). The second-order valence-electron chi connectivity index (χ2n) is 7.81. The molecule has 0 unspecified atom stereocenters. The molecule has 0 spiro atoms. The number of methoxy groups -OCH3 is 1. The number of likely N-dealkylation sites (tertiary alicyclic amines) is 1. The minimum absolute atomic E-state index is 0.0622. The van der Waals surface area contributed by atoms with Crippen LogP contribution in [-0.2, 0) is 25.9 Å². The lowest BCUT2D eigenvalue weighted by atomic mass is 9.95. The number of ether oxygens (including phenoxy) is 3. The number of sulfone groups is 1. The highest BCUT2D eigenvalue weighted by Gasteiger charge is 2.54. The van der Waals surface area contributed by atoms with Gasteiger partial charge in [-0.3, -0.25) is 9.69 Å². The summed E-state index contributed by atoms with van der Waals surface area (Å²) in [6.45, 7) is 3.44. The summed E-state index contributed by atoms with van der Waals surface area (Å²) in [6, 6.07) is 13.7. The Labute approximate surface area is 195 Å². The predicted octanol–water partition coefficient (Wildman–Crippen LogP) is 3.08. The van der Waals surface area contributed by atoms with Gasteiger partial charge in [0, 0.05) is 19.6 Å². The van der Waals surface area contributed by atoms with E-state index < -0.39 is 20.6 Å². The van der Waals surface area contributed by atoms with E-state index in [4.69, 9.17) is 20.6 Å². The van der Waals surface area contributed by atoms with Crippen molar-refractivity contribution in [3.05, 3.63) is 54.1 Å². The van der Waals surface area contributed by atoms with Crippen molar-refractivity contribution in [1.29, 1.82) is 0 Å². The number of hydrogen-bond donors (Lipinski definition) is 0.